The van der Waals surface area contributed by atoms with Crippen LogP contribution in [0, 0.1) is 0 Å². The third kappa shape index (κ3) is 10.3. The van der Waals surface area contributed by atoms with Gasteiger partial charge < -0.3 is 29.7 Å². The molecule has 27 heavy (non-hydrogen) atoms. The van der Waals surface area contributed by atoms with Crippen LogP contribution in [0.5, 0.6) is 0 Å². The van der Waals surface area contributed by atoms with Crippen molar-refractivity contribution in [1.82, 2.24) is 0 Å². The third-order valence-corrected chi connectivity index (χ3v) is 5.03. The Morgan fingerprint density at radius 2 is 2.04 bits per heavy atom. The molecule has 6 atom stereocenters. The summed E-state index contributed by atoms with van der Waals surface area (Å²) in [5, 5.41) is 41.6. The molecule has 11 nitrogen and oxygen atoms in total. The van der Waals surface area contributed by atoms with E-state index in [2.05, 4.69) is 9.44 Å². The van der Waals surface area contributed by atoms with E-state index in [1.165, 1.54) is 0 Å². The van der Waals surface area contributed by atoms with Gasteiger partial charge in [0.25, 0.3) is 10.4 Å². The number of nitrogens with zero attached hydrogens (tertiary/aromatic N) is 1. The molecule has 1 rings (SSSR count). The van der Waals surface area contributed by atoms with Gasteiger partial charge in [-0.2, -0.15) is 8.42 Å². The van der Waals surface area contributed by atoms with Crippen LogP contribution in [0.2, 0.25) is 0 Å². The molecular weight excluding hydrogens is 437 g/mol. The number of hydrogen-bond acceptors (Lipinski definition) is 12. The van der Waals surface area contributed by atoms with Gasteiger partial charge in [-0.1, -0.05) is 16.9 Å². The number of ether oxygens (including phenoxy) is 1. The van der Waals surface area contributed by atoms with Crippen LogP contribution in [0.15, 0.2) is 5.16 Å². The van der Waals surface area contributed by atoms with E-state index in [0.717, 1.165) is 0 Å². The number of hydrogen-bond donors (Lipinski definition) is 4. The molecule has 0 aliphatic carbocycles. The fourth-order valence-electron chi connectivity index (χ4n) is 1.92. The van der Waals surface area contributed by atoms with E-state index in [0.29, 0.717) is 11.8 Å². The maximum Gasteiger partial charge on any atom is 1.00 e. The molecule has 0 aromatic carbocycles. The van der Waals surface area contributed by atoms with Crippen LogP contribution in [0.4, 0.5) is 0 Å². The molecule has 3 unspecified atom stereocenters. The quantitative estimate of drug-likeness (QED) is 0.0638. The van der Waals surface area contributed by atoms with E-state index in [4.69, 9.17) is 11.6 Å². The van der Waals surface area contributed by atoms with Crippen molar-refractivity contribution in [1.29, 1.82) is 0 Å². The van der Waals surface area contributed by atoms with Crippen LogP contribution in [-0.4, -0.2) is 91.0 Å². The molecule has 0 bridgehead atoms. The first kappa shape index (κ1) is 19.6. The van der Waals surface area contributed by atoms with Crippen molar-refractivity contribution in [3.8, 4) is 0 Å². The van der Waals surface area contributed by atoms with Crippen molar-refractivity contribution >= 4 is 38.0 Å². The zero-order chi connectivity index (χ0) is 24.2. The van der Waals surface area contributed by atoms with Crippen LogP contribution < -0.4 is 29.6 Å². The zero-order valence-corrected chi connectivity index (χ0v) is 18.6. The molecule has 0 saturated carbocycles. The van der Waals surface area contributed by atoms with Gasteiger partial charge in [0.15, 0.2) is 0 Å². The van der Waals surface area contributed by atoms with Crippen molar-refractivity contribution in [2.24, 2.45) is 5.16 Å². The molecule has 1 heterocycles. The Balaban J connectivity index is 0.00000961. The summed E-state index contributed by atoms with van der Waals surface area (Å²) in [6.45, 7) is -0.735. The Kier molecular flexibility index (Phi) is 9.51. The maximum atomic E-state index is 11.8. The minimum Gasteiger partial charge on any atom is -0.714 e. The normalized spacial score (nSPS) is 34.2. The molecule has 0 radical (unpaired) electrons. The molecule has 4 N–H and O–H groups in total. The summed E-state index contributed by atoms with van der Waals surface area (Å²) in [4.78, 5) is 0. The van der Waals surface area contributed by atoms with Crippen LogP contribution in [0.1, 0.15) is 26.1 Å². The van der Waals surface area contributed by atoms with Gasteiger partial charge in [0, 0.05) is 29.5 Å². The number of aliphatic hydroxyl groups is 4. The fourth-order valence-corrected chi connectivity index (χ4v) is 3.58. The van der Waals surface area contributed by atoms with Crippen LogP contribution >= 0.6 is 11.8 Å². The van der Waals surface area contributed by atoms with E-state index >= 15 is 0 Å². The van der Waals surface area contributed by atoms with E-state index < -0.39 is 76.0 Å². The summed E-state index contributed by atoms with van der Waals surface area (Å²) < 4.78 is 89.3. The molecule has 0 aromatic heterocycles. The predicted octanol–water partition coefficient (Wildman–Crippen LogP) is -5.14. The van der Waals surface area contributed by atoms with Crippen LogP contribution in [0.3, 0.4) is 0 Å². The second-order valence-corrected chi connectivity index (χ2v) is 8.01. The molecular formula is C12H22NNaO10S3. The van der Waals surface area contributed by atoms with Crippen LogP contribution in [0.25, 0.3) is 0 Å². The van der Waals surface area contributed by atoms with Crippen molar-refractivity contribution < 1.29 is 83.0 Å². The Labute approximate surface area is 193 Å². The maximum absolute atomic E-state index is 11.8. The molecule has 1 fully saturated rings. The molecule has 1 saturated heterocycles. The van der Waals surface area contributed by atoms with E-state index in [9.17, 15) is 37.6 Å². The first-order valence-electron chi connectivity index (χ1n) is 9.60. The second kappa shape index (κ2) is 13.1. The van der Waals surface area contributed by atoms with Gasteiger partial charge in [-0.25, -0.2) is 0 Å². The van der Waals surface area contributed by atoms with E-state index in [1.54, 1.807) is 0 Å². The predicted molar refractivity (Wildman–Crippen MR) is 92.4 cm³/mol. The van der Waals surface area contributed by atoms with Crippen molar-refractivity contribution in [2.75, 3.05) is 18.5 Å². The summed E-state index contributed by atoms with van der Waals surface area (Å²) in [6, 6.07) is 0. The van der Waals surface area contributed by atoms with Gasteiger partial charge in [0.05, 0.1) is 6.61 Å². The van der Waals surface area contributed by atoms with E-state index in [1.807, 2.05) is 0 Å². The van der Waals surface area contributed by atoms with Gasteiger partial charge >= 0.3 is 29.6 Å². The third-order valence-electron chi connectivity index (χ3n) is 3.13. The SMILES string of the molecule is [2H]C([2H])([2H])S(=O)C([2H])([2H])CCC/C(=N\OS(=O)(=O)[O-])SC1O[C@H](CO)[C@@H](O)C(O)[C@H]1O.[Na+]. The monoisotopic (exact) mass is 464 g/mol. The summed E-state index contributed by atoms with van der Waals surface area (Å²) >= 11 is 0.462. The zero-order valence-electron chi connectivity index (χ0n) is 19.1. The molecule has 0 amide bonds. The topological polar surface area (TPSA) is 186 Å². The number of aliphatic hydroxyl groups excluding tert-OH is 4. The number of rotatable bonds is 9. The fraction of sp³-hybridized carbons (Fsp3) is 0.917. The minimum absolute atomic E-state index is 0. The number of oxime groups is 1. The van der Waals surface area contributed by atoms with Crippen molar-refractivity contribution in [2.45, 2.75) is 49.1 Å². The first-order valence-corrected chi connectivity index (χ1v) is 10.5. The van der Waals surface area contributed by atoms with Gasteiger partial charge in [-0.15, -0.1) is 0 Å². The van der Waals surface area contributed by atoms with Gasteiger partial charge in [0.2, 0.25) is 0 Å². The standard InChI is InChI=1S/C12H23NO10S3.Na/c1-25(18)5-3-2-4-8(13-23-26(19,20)21)24-12-11(17)10(16)9(15)7(6-14)22-12;/h7,9-12,14-17H,2-6H2,1H3,(H,19,20,21);/q;+1/p-1/b13-8+;/t7-,9-,10?,11-,12?,25?;/m1./s1/i1D3,5D2;. The molecule has 1 aliphatic rings. The molecule has 15 heteroatoms. The van der Waals surface area contributed by atoms with Crippen molar-refractivity contribution in [3.63, 3.8) is 0 Å². The van der Waals surface area contributed by atoms with E-state index in [-0.39, 0.29) is 47.4 Å². The molecule has 154 valence electrons. The average molecular weight is 465 g/mol. The van der Waals surface area contributed by atoms with Gasteiger partial charge in [-0.3, -0.25) is 8.49 Å². The summed E-state index contributed by atoms with van der Waals surface area (Å²) in [6.07, 6.45) is -10.6. The second-order valence-electron chi connectivity index (χ2n) is 5.05. The Hall–Kier alpha value is 0.680. The van der Waals surface area contributed by atoms with Gasteiger partial charge in [0.1, 0.15) is 34.9 Å². The Morgan fingerprint density at radius 3 is 2.59 bits per heavy atom. The van der Waals surface area contributed by atoms with Crippen LogP contribution in [-0.2, 0) is 30.2 Å². The molecule has 1 aliphatic heterocycles. The Morgan fingerprint density at radius 1 is 1.37 bits per heavy atom. The summed E-state index contributed by atoms with van der Waals surface area (Å²) in [7, 11) is -8.13. The molecule has 0 spiro atoms. The van der Waals surface area contributed by atoms with Gasteiger partial charge in [-0.05, 0) is 19.3 Å². The Bertz CT molecular complexity index is 769. The first-order chi connectivity index (χ1) is 14.0. The smallest absolute Gasteiger partial charge is 0.714 e. The largest absolute Gasteiger partial charge is 1.00 e. The minimum atomic E-state index is -5.28. The van der Waals surface area contributed by atoms with Crippen molar-refractivity contribution in [3.05, 3.63) is 0 Å². The summed E-state index contributed by atoms with van der Waals surface area (Å²) in [5.74, 6) is 0. The summed E-state index contributed by atoms with van der Waals surface area (Å²) in [5.41, 5.74) is -4.03. The number of thioether (sulfide) groups is 1. The molecule has 0 aromatic rings. The average Bonchev–Trinajstić information content (AvgIpc) is 2.64.